The van der Waals surface area contributed by atoms with Gasteiger partial charge in [-0.2, -0.15) is 0 Å². The molecule has 1 N–H and O–H groups in total. The third kappa shape index (κ3) is 5.11. The summed E-state index contributed by atoms with van der Waals surface area (Å²) in [6.07, 6.45) is 0.689. The summed E-state index contributed by atoms with van der Waals surface area (Å²) >= 11 is 7.59. The number of halogens is 3. The van der Waals surface area contributed by atoms with Crippen LogP contribution in [-0.2, 0) is 4.79 Å². The van der Waals surface area contributed by atoms with Gasteiger partial charge in [0.2, 0.25) is 5.91 Å². The Labute approximate surface area is 178 Å². The van der Waals surface area contributed by atoms with E-state index in [9.17, 15) is 13.6 Å². The van der Waals surface area contributed by atoms with Gasteiger partial charge in [-0.3, -0.25) is 9.69 Å². The molecule has 1 amide bonds. The van der Waals surface area contributed by atoms with Gasteiger partial charge in [0.25, 0.3) is 5.92 Å². The van der Waals surface area contributed by atoms with Crippen LogP contribution in [-0.4, -0.2) is 48.2 Å². The lowest BCUT2D eigenvalue weighted by molar-refractivity contribution is -0.121. The van der Waals surface area contributed by atoms with Crippen molar-refractivity contribution in [1.82, 2.24) is 10.2 Å². The molecule has 7 heteroatoms. The van der Waals surface area contributed by atoms with Crippen molar-refractivity contribution in [3.05, 3.63) is 59.1 Å². The monoisotopic (exact) mass is 436 g/mol. The fourth-order valence-electron chi connectivity index (χ4n) is 3.94. The highest BCUT2D eigenvalue weighted by Gasteiger charge is 2.39. The third-order valence-corrected chi connectivity index (χ3v) is 6.97. The van der Waals surface area contributed by atoms with E-state index in [0.717, 1.165) is 28.9 Å². The van der Waals surface area contributed by atoms with E-state index in [4.69, 9.17) is 11.6 Å². The van der Waals surface area contributed by atoms with Crippen molar-refractivity contribution in [1.29, 1.82) is 0 Å². The molecule has 0 saturated carbocycles. The summed E-state index contributed by atoms with van der Waals surface area (Å²) in [7, 11) is 0. The van der Waals surface area contributed by atoms with E-state index < -0.39 is 5.92 Å². The highest BCUT2D eigenvalue weighted by atomic mass is 35.5. The maximum Gasteiger partial charge on any atom is 0.261 e. The van der Waals surface area contributed by atoms with Crippen LogP contribution >= 0.6 is 23.4 Å². The minimum absolute atomic E-state index is 0.0447. The molecule has 2 aliphatic rings. The third-order valence-electron chi connectivity index (χ3n) is 5.43. The number of likely N-dealkylation sites (tertiary alicyclic amines) is 1. The SMILES string of the molecule is O=C1NC(CN2CCC(F)(F)C2)CCSC1c1cccc(-c2ccc(Cl)cc2)c1. The van der Waals surface area contributed by atoms with E-state index in [1.165, 1.54) is 0 Å². The Kier molecular flexibility index (Phi) is 6.13. The van der Waals surface area contributed by atoms with Gasteiger partial charge in [0.15, 0.2) is 0 Å². The van der Waals surface area contributed by atoms with Gasteiger partial charge < -0.3 is 5.32 Å². The van der Waals surface area contributed by atoms with Gasteiger partial charge in [-0.15, -0.1) is 11.8 Å². The fraction of sp³-hybridized carbons (Fsp3) is 0.409. The summed E-state index contributed by atoms with van der Waals surface area (Å²) in [5.41, 5.74) is 3.03. The molecule has 29 heavy (non-hydrogen) atoms. The first-order valence-electron chi connectivity index (χ1n) is 9.78. The zero-order valence-electron chi connectivity index (χ0n) is 15.9. The lowest BCUT2D eigenvalue weighted by atomic mass is 10.0. The van der Waals surface area contributed by atoms with Gasteiger partial charge in [0.1, 0.15) is 5.25 Å². The van der Waals surface area contributed by atoms with Gasteiger partial charge in [0.05, 0.1) is 6.54 Å². The number of amides is 1. The largest absolute Gasteiger partial charge is 0.351 e. The van der Waals surface area contributed by atoms with Crippen molar-refractivity contribution in [2.45, 2.75) is 30.1 Å². The van der Waals surface area contributed by atoms with Crippen LogP contribution in [0.2, 0.25) is 5.02 Å². The Bertz CT molecular complexity index is 877. The lowest BCUT2D eigenvalue weighted by Gasteiger charge is -2.23. The van der Waals surface area contributed by atoms with Crippen LogP contribution in [0.4, 0.5) is 8.78 Å². The first-order chi connectivity index (χ1) is 13.9. The number of hydrogen-bond acceptors (Lipinski definition) is 3. The number of carbonyl (C=O) groups is 1. The molecule has 2 atom stereocenters. The second-order valence-electron chi connectivity index (χ2n) is 7.72. The molecular formula is C22H23ClF2N2OS. The van der Waals surface area contributed by atoms with Gasteiger partial charge in [0, 0.05) is 30.6 Å². The molecule has 0 spiro atoms. The predicted octanol–water partition coefficient (Wildman–Crippen LogP) is 5.01. The minimum Gasteiger partial charge on any atom is -0.351 e. The molecular weight excluding hydrogens is 414 g/mol. The molecule has 0 aliphatic carbocycles. The topological polar surface area (TPSA) is 32.3 Å². The number of carbonyl (C=O) groups excluding carboxylic acids is 1. The Balaban J connectivity index is 1.45. The number of alkyl halides is 2. The summed E-state index contributed by atoms with van der Waals surface area (Å²) in [6.45, 7) is 0.664. The molecule has 154 valence electrons. The van der Waals surface area contributed by atoms with Crippen molar-refractivity contribution >= 4 is 29.3 Å². The Hall–Kier alpha value is -1.63. The highest BCUT2D eigenvalue weighted by Crippen LogP contribution is 2.35. The Morgan fingerprint density at radius 2 is 1.97 bits per heavy atom. The molecule has 0 bridgehead atoms. The maximum atomic E-state index is 13.4. The molecule has 2 heterocycles. The number of nitrogens with zero attached hydrogens (tertiary/aromatic N) is 1. The van der Waals surface area contributed by atoms with Crippen molar-refractivity contribution in [2.75, 3.05) is 25.4 Å². The summed E-state index contributed by atoms with van der Waals surface area (Å²) in [4.78, 5) is 14.7. The highest BCUT2D eigenvalue weighted by molar-refractivity contribution is 8.00. The number of nitrogens with one attached hydrogen (secondary N) is 1. The van der Waals surface area contributed by atoms with E-state index in [2.05, 4.69) is 5.32 Å². The summed E-state index contributed by atoms with van der Waals surface area (Å²) < 4.78 is 26.9. The first kappa shape index (κ1) is 20.6. The zero-order chi connectivity index (χ0) is 20.4. The molecule has 2 saturated heterocycles. The number of rotatable bonds is 4. The normalized spacial score (nSPS) is 24.9. The van der Waals surface area contributed by atoms with Gasteiger partial charge in [-0.25, -0.2) is 8.78 Å². The number of thioether (sulfide) groups is 1. The fourth-order valence-corrected chi connectivity index (χ4v) is 5.28. The second kappa shape index (κ2) is 8.62. The standard InChI is InChI=1S/C22H23ClF2N2OS/c23-18-6-4-15(5-7-18)16-2-1-3-17(12-16)20-21(28)26-19(8-11-29-20)13-27-10-9-22(24,25)14-27/h1-7,12,19-20H,8-11,13-14H2,(H,26,28). The molecule has 4 rings (SSSR count). The molecule has 2 aliphatic heterocycles. The van der Waals surface area contributed by atoms with E-state index in [1.54, 1.807) is 16.7 Å². The van der Waals surface area contributed by atoms with Crippen LogP contribution in [0.15, 0.2) is 48.5 Å². The number of benzene rings is 2. The molecule has 2 aromatic rings. The average molecular weight is 437 g/mol. The van der Waals surface area contributed by atoms with E-state index in [-0.39, 0.29) is 30.2 Å². The molecule has 2 unspecified atom stereocenters. The van der Waals surface area contributed by atoms with Gasteiger partial charge in [-0.1, -0.05) is 41.9 Å². The Morgan fingerprint density at radius 1 is 1.17 bits per heavy atom. The van der Waals surface area contributed by atoms with Crippen LogP contribution in [0.25, 0.3) is 11.1 Å². The van der Waals surface area contributed by atoms with Crippen LogP contribution in [0.1, 0.15) is 23.7 Å². The van der Waals surface area contributed by atoms with Gasteiger partial charge >= 0.3 is 0 Å². The van der Waals surface area contributed by atoms with Crippen molar-refractivity contribution in [3.8, 4) is 11.1 Å². The average Bonchev–Trinajstić information content (AvgIpc) is 2.92. The van der Waals surface area contributed by atoms with Crippen LogP contribution in [0.3, 0.4) is 0 Å². The maximum absolute atomic E-state index is 13.4. The molecule has 2 aromatic carbocycles. The first-order valence-corrected chi connectivity index (χ1v) is 11.2. The number of hydrogen-bond donors (Lipinski definition) is 1. The quantitative estimate of drug-likeness (QED) is 0.731. The van der Waals surface area contributed by atoms with Crippen LogP contribution in [0.5, 0.6) is 0 Å². The summed E-state index contributed by atoms with van der Waals surface area (Å²) in [5.74, 6) is -1.84. The predicted molar refractivity (Wildman–Crippen MR) is 115 cm³/mol. The molecule has 3 nitrogen and oxygen atoms in total. The van der Waals surface area contributed by atoms with Crippen LogP contribution < -0.4 is 5.32 Å². The van der Waals surface area contributed by atoms with Crippen molar-refractivity contribution < 1.29 is 13.6 Å². The summed E-state index contributed by atoms with van der Waals surface area (Å²) in [6, 6.07) is 15.5. The van der Waals surface area contributed by atoms with Gasteiger partial charge in [-0.05, 0) is 47.1 Å². The van der Waals surface area contributed by atoms with Crippen molar-refractivity contribution in [3.63, 3.8) is 0 Å². The Morgan fingerprint density at radius 3 is 2.69 bits per heavy atom. The zero-order valence-corrected chi connectivity index (χ0v) is 17.5. The lowest BCUT2D eigenvalue weighted by Crippen LogP contribution is -2.43. The van der Waals surface area contributed by atoms with Crippen molar-refractivity contribution in [2.24, 2.45) is 0 Å². The summed E-state index contributed by atoms with van der Waals surface area (Å²) in [5, 5.41) is 3.47. The molecule has 0 aromatic heterocycles. The van der Waals surface area contributed by atoms with E-state index in [0.29, 0.717) is 18.1 Å². The van der Waals surface area contributed by atoms with E-state index >= 15 is 0 Å². The smallest absolute Gasteiger partial charge is 0.261 e. The molecule has 2 fully saturated rings. The van der Waals surface area contributed by atoms with Crippen LogP contribution in [0, 0.1) is 0 Å². The second-order valence-corrected chi connectivity index (χ2v) is 9.37. The molecule has 0 radical (unpaired) electrons. The minimum atomic E-state index is -2.60. The van der Waals surface area contributed by atoms with E-state index in [1.807, 2.05) is 48.5 Å².